The Morgan fingerprint density at radius 2 is 1.18 bits per heavy atom. The first-order valence-electron chi connectivity index (χ1n) is 7.53. The van der Waals surface area contributed by atoms with Gasteiger partial charge in [0.25, 0.3) is 0 Å². The fraction of sp³-hybridized carbons (Fsp3) is 1.00. The fourth-order valence-electron chi connectivity index (χ4n) is 2.07. The lowest BCUT2D eigenvalue weighted by Crippen LogP contribution is -2.27. The van der Waals surface area contributed by atoms with Crippen molar-refractivity contribution in [3.8, 4) is 0 Å². The molecule has 1 N–H and O–H groups in total. The molecule has 1 unspecified atom stereocenters. The summed E-state index contributed by atoms with van der Waals surface area (Å²) in [6.45, 7) is 2.27. The summed E-state index contributed by atoms with van der Waals surface area (Å²) >= 11 is 0. The molecule has 0 saturated carbocycles. The lowest BCUT2D eigenvalue weighted by Gasteiger charge is -2.17. The summed E-state index contributed by atoms with van der Waals surface area (Å²) in [6, 6.07) is 0. The van der Waals surface area contributed by atoms with Crippen LogP contribution in [0.5, 0.6) is 0 Å². The number of hydrogen-bond acceptors (Lipinski definition) is 2. The number of rotatable bonds is 12. The van der Waals surface area contributed by atoms with Gasteiger partial charge in [-0.25, -0.2) is 0 Å². The average Bonchev–Trinajstić information content (AvgIpc) is 2.31. The zero-order valence-corrected chi connectivity index (χ0v) is 12.2. The van der Waals surface area contributed by atoms with Crippen molar-refractivity contribution in [3.63, 3.8) is 0 Å². The lowest BCUT2D eigenvalue weighted by atomic mass is 10.1. The van der Waals surface area contributed by atoms with Gasteiger partial charge in [-0.05, 0) is 26.9 Å². The molecule has 0 aromatic heterocycles. The van der Waals surface area contributed by atoms with Gasteiger partial charge >= 0.3 is 0 Å². The van der Waals surface area contributed by atoms with E-state index in [1.54, 1.807) is 0 Å². The van der Waals surface area contributed by atoms with E-state index in [9.17, 15) is 5.11 Å². The van der Waals surface area contributed by atoms with Gasteiger partial charge in [-0.2, -0.15) is 0 Å². The molecule has 0 aliphatic heterocycles. The van der Waals surface area contributed by atoms with Crippen LogP contribution in [0.2, 0.25) is 0 Å². The summed E-state index contributed by atoms with van der Waals surface area (Å²) in [6.07, 6.45) is 14.2. The summed E-state index contributed by atoms with van der Waals surface area (Å²) in [5.41, 5.74) is 0. The van der Waals surface area contributed by atoms with Gasteiger partial charge in [-0.3, -0.25) is 4.90 Å². The van der Waals surface area contributed by atoms with Crippen molar-refractivity contribution in [1.82, 2.24) is 4.90 Å². The summed E-state index contributed by atoms with van der Waals surface area (Å²) < 4.78 is 0. The molecule has 0 spiro atoms. The number of aliphatic hydroxyl groups excluding tert-OH is 1. The van der Waals surface area contributed by atoms with Crippen LogP contribution in [0.25, 0.3) is 0 Å². The predicted octanol–water partition coefficient (Wildman–Crippen LogP) is 4.18. The maximum Gasteiger partial charge on any atom is 0.106 e. The van der Waals surface area contributed by atoms with E-state index in [0.717, 1.165) is 12.8 Å². The topological polar surface area (TPSA) is 23.5 Å². The molecule has 0 fully saturated rings. The third-order valence-electron chi connectivity index (χ3n) is 3.41. The second-order valence-corrected chi connectivity index (χ2v) is 5.41. The molecule has 0 heterocycles. The summed E-state index contributed by atoms with van der Waals surface area (Å²) in [5, 5.41) is 9.58. The molecule has 0 aliphatic carbocycles. The van der Waals surface area contributed by atoms with Crippen LogP contribution in [0.4, 0.5) is 0 Å². The van der Waals surface area contributed by atoms with Crippen LogP contribution in [-0.2, 0) is 0 Å². The van der Waals surface area contributed by atoms with E-state index in [-0.39, 0.29) is 6.23 Å². The van der Waals surface area contributed by atoms with Crippen molar-refractivity contribution in [2.75, 3.05) is 14.1 Å². The zero-order valence-electron chi connectivity index (χ0n) is 12.2. The van der Waals surface area contributed by atoms with E-state index in [2.05, 4.69) is 6.92 Å². The van der Waals surface area contributed by atoms with Crippen LogP contribution in [0.1, 0.15) is 77.6 Å². The molecule has 2 heteroatoms. The maximum absolute atomic E-state index is 9.58. The van der Waals surface area contributed by atoms with Gasteiger partial charge in [0.15, 0.2) is 0 Å². The molecule has 0 saturated heterocycles. The molecular weight excluding hydrogens is 210 g/mol. The largest absolute Gasteiger partial charge is 0.378 e. The first-order valence-corrected chi connectivity index (χ1v) is 7.53. The van der Waals surface area contributed by atoms with Crippen LogP contribution in [0, 0.1) is 0 Å². The second kappa shape index (κ2) is 12.4. The number of hydrogen-bond donors (Lipinski definition) is 1. The van der Waals surface area contributed by atoms with Gasteiger partial charge < -0.3 is 5.11 Å². The normalized spacial score (nSPS) is 13.2. The fourth-order valence-corrected chi connectivity index (χ4v) is 2.07. The Hall–Kier alpha value is -0.0800. The number of nitrogens with zero attached hydrogens (tertiary/aromatic N) is 1. The van der Waals surface area contributed by atoms with Gasteiger partial charge in [0, 0.05) is 0 Å². The van der Waals surface area contributed by atoms with E-state index in [4.69, 9.17) is 0 Å². The first-order chi connectivity index (χ1) is 8.18. The van der Waals surface area contributed by atoms with Gasteiger partial charge in [0.2, 0.25) is 0 Å². The zero-order chi connectivity index (χ0) is 12.9. The van der Waals surface area contributed by atoms with Crippen molar-refractivity contribution in [3.05, 3.63) is 0 Å². The van der Waals surface area contributed by atoms with Gasteiger partial charge in [-0.15, -0.1) is 0 Å². The van der Waals surface area contributed by atoms with Crippen molar-refractivity contribution < 1.29 is 5.11 Å². The molecule has 0 bridgehead atoms. The SMILES string of the molecule is CCCCCCCCCCCCC(O)N(C)C. The van der Waals surface area contributed by atoms with Gasteiger partial charge in [0.1, 0.15) is 6.23 Å². The molecule has 2 nitrogen and oxygen atoms in total. The smallest absolute Gasteiger partial charge is 0.106 e. The molecule has 17 heavy (non-hydrogen) atoms. The summed E-state index contributed by atoms with van der Waals surface area (Å²) in [7, 11) is 3.86. The minimum absolute atomic E-state index is 0.246. The average molecular weight is 243 g/mol. The van der Waals surface area contributed by atoms with E-state index in [0.29, 0.717) is 0 Å². The van der Waals surface area contributed by atoms with E-state index in [1.165, 1.54) is 57.8 Å². The molecule has 1 atom stereocenters. The standard InChI is InChI=1S/C15H33NO/c1-4-5-6-7-8-9-10-11-12-13-14-15(17)16(2)3/h15,17H,4-14H2,1-3H3. The molecule has 104 valence electrons. The van der Waals surface area contributed by atoms with E-state index >= 15 is 0 Å². The Labute approximate surface area is 108 Å². The third kappa shape index (κ3) is 12.2. The van der Waals surface area contributed by atoms with Crippen LogP contribution < -0.4 is 0 Å². The lowest BCUT2D eigenvalue weighted by molar-refractivity contribution is 0.0313. The van der Waals surface area contributed by atoms with E-state index in [1.807, 2.05) is 19.0 Å². The summed E-state index contributed by atoms with van der Waals surface area (Å²) in [4.78, 5) is 1.88. The Bertz CT molecular complexity index is 148. The molecule has 0 rings (SSSR count). The monoisotopic (exact) mass is 243 g/mol. The van der Waals surface area contributed by atoms with Crippen molar-refractivity contribution in [1.29, 1.82) is 0 Å². The first kappa shape index (κ1) is 16.9. The van der Waals surface area contributed by atoms with Crippen LogP contribution >= 0.6 is 0 Å². The Balaban J connectivity index is 3.03. The molecule has 0 radical (unpaired) electrons. The maximum atomic E-state index is 9.58. The molecule has 0 aromatic carbocycles. The van der Waals surface area contributed by atoms with Crippen molar-refractivity contribution in [2.24, 2.45) is 0 Å². The quantitative estimate of drug-likeness (QED) is 0.410. The highest BCUT2D eigenvalue weighted by Crippen LogP contribution is 2.12. The minimum atomic E-state index is -0.246. The Kier molecular flexibility index (Phi) is 12.3. The Morgan fingerprint density at radius 3 is 1.59 bits per heavy atom. The minimum Gasteiger partial charge on any atom is -0.378 e. The Morgan fingerprint density at radius 1 is 0.765 bits per heavy atom. The van der Waals surface area contributed by atoms with Gasteiger partial charge in [0.05, 0.1) is 0 Å². The molecular formula is C15H33NO. The summed E-state index contributed by atoms with van der Waals surface area (Å²) in [5.74, 6) is 0. The molecule has 0 aromatic rings. The number of unbranched alkanes of at least 4 members (excludes halogenated alkanes) is 9. The molecule has 0 aliphatic rings. The van der Waals surface area contributed by atoms with Crippen molar-refractivity contribution in [2.45, 2.75) is 83.8 Å². The molecule has 0 amide bonds. The van der Waals surface area contributed by atoms with Gasteiger partial charge in [-0.1, -0.05) is 64.7 Å². The predicted molar refractivity (Wildman–Crippen MR) is 76.2 cm³/mol. The third-order valence-corrected chi connectivity index (χ3v) is 3.41. The number of aliphatic hydroxyl groups is 1. The van der Waals surface area contributed by atoms with Crippen molar-refractivity contribution >= 4 is 0 Å². The highest BCUT2D eigenvalue weighted by molar-refractivity contribution is 4.53. The van der Waals surface area contributed by atoms with E-state index < -0.39 is 0 Å². The second-order valence-electron chi connectivity index (χ2n) is 5.41. The highest BCUT2D eigenvalue weighted by Gasteiger charge is 2.04. The van der Waals surface area contributed by atoms with Crippen LogP contribution in [0.3, 0.4) is 0 Å². The highest BCUT2D eigenvalue weighted by atomic mass is 16.3. The van der Waals surface area contributed by atoms with Crippen LogP contribution in [0.15, 0.2) is 0 Å². The van der Waals surface area contributed by atoms with Crippen LogP contribution in [-0.4, -0.2) is 30.3 Å².